The Balaban J connectivity index is 1.31. The van der Waals surface area contributed by atoms with Crippen LogP contribution in [-0.2, 0) is 19.3 Å². The molecular weight excluding hydrogens is 436 g/mol. The van der Waals surface area contributed by atoms with Gasteiger partial charge in [0.25, 0.3) is 11.9 Å². The lowest BCUT2D eigenvalue weighted by Crippen LogP contribution is -2.34. The first-order chi connectivity index (χ1) is 17.2. The van der Waals surface area contributed by atoms with Crippen molar-refractivity contribution in [1.29, 1.82) is 0 Å². The lowest BCUT2D eigenvalue weighted by atomic mass is 10.0. The molecule has 1 aromatic carbocycles. The fourth-order valence-electron chi connectivity index (χ4n) is 5.02. The molecule has 2 aliphatic rings. The summed E-state index contributed by atoms with van der Waals surface area (Å²) < 4.78 is 1.78. The molecule has 3 aromatic heterocycles. The van der Waals surface area contributed by atoms with Gasteiger partial charge in [0, 0.05) is 36.1 Å². The molecule has 3 heterocycles. The summed E-state index contributed by atoms with van der Waals surface area (Å²) >= 11 is 0. The van der Waals surface area contributed by atoms with Gasteiger partial charge in [0.2, 0.25) is 0 Å². The first kappa shape index (κ1) is 21.6. The van der Waals surface area contributed by atoms with E-state index in [0.717, 1.165) is 55.5 Å². The topological polar surface area (TPSA) is 85.6 Å². The molecule has 6 rings (SSSR count). The molecular formula is C28H28N6O. The van der Waals surface area contributed by atoms with Gasteiger partial charge in [-0.1, -0.05) is 30.3 Å². The van der Waals surface area contributed by atoms with Crippen LogP contribution < -0.4 is 5.32 Å². The minimum Gasteiger partial charge on any atom is -0.349 e. The zero-order chi connectivity index (χ0) is 23.8. The first-order valence-corrected chi connectivity index (χ1v) is 12.4. The second-order valence-corrected chi connectivity index (χ2v) is 9.62. The lowest BCUT2D eigenvalue weighted by molar-refractivity contribution is 0.0939. The smallest absolute Gasteiger partial charge is 0.255 e. The second-order valence-electron chi connectivity index (χ2n) is 9.62. The van der Waals surface area contributed by atoms with Crippen LogP contribution in [0.1, 0.15) is 64.8 Å². The van der Waals surface area contributed by atoms with Crippen LogP contribution in [0.15, 0.2) is 61.2 Å². The van der Waals surface area contributed by atoms with Crippen molar-refractivity contribution < 1.29 is 4.79 Å². The monoisotopic (exact) mass is 464 g/mol. The van der Waals surface area contributed by atoms with E-state index in [1.54, 1.807) is 17.1 Å². The second kappa shape index (κ2) is 9.06. The Morgan fingerprint density at radius 3 is 2.77 bits per heavy atom. The predicted octanol–water partition coefficient (Wildman–Crippen LogP) is 4.45. The Morgan fingerprint density at radius 2 is 1.94 bits per heavy atom. The van der Waals surface area contributed by atoms with Gasteiger partial charge < -0.3 is 5.32 Å². The SMILES string of the molecule is CC(Cc1cccnc1)NC(=O)c1cnn(-c2ncc3c(n2)-c2ccccc2CCC3)c1C1CC1. The third kappa shape index (κ3) is 4.34. The average molecular weight is 465 g/mol. The number of fused-ring (bicyclic) bond motifs is 3. The van der Waals surface area contributed by atoms with E-state index >= 15 is 0 Å². The Hall–Kier alpha value is -3.87. The highest BCUT2D eigenvalue weighted by molar-refractivity contribution is 5.95. The normalized spacial score (nSPS) is 15.6. The number of hydrogen-bond donors (Lipinski definition) is 1. The highest BCUT2D eigenvalue weighted by Crippen LogP contribution is 2.42. The molecule has 0 spiro atoms. The van der Waals surface area contributed by atoms with Crippen LogP contribution >= 0.6 is 0 Å². The summed E-state index contributed by atoms with van der Waals surface area (Å²) in [4.78, 5) is 27.1. The summed E-state index contributed by atoms with van der Waals surface area (Å²) in [5.41, 5.74) is 7.27. The number of aromatic nitrogens is 5. The maximum atomic E-state index is 13.3. The number of pyridine rings is 1. The maximum absolute atomic E-state index is 13.3. The van der Waals surface area contributed by atoms with E-state index < -0.39 is 0 Å². The van der Waals surface area contributed by atoms with Crippen LogP contribution in [0.25, 0.3) is 17.2 Å². The van der Waals surface area contributed by atoms with E-state index in [4.69, 9.17) is 4.98 Å². The molecule has 1 fully saturated rings. The minimum atomic E-state index is -0.102. The number of nitrogens with zero attached hydrogens (tertiary/aromatic N) is 5. The van der Waals surface area contributed by atoms with Crippen molar-refractivity contribution >= 4 is 5.91 Å². The highest BCUT2D eigenvalue weighted by Gasteiger charge is 2.34. The summed E-state index contributed by atoms with van der Waals surface area (Å²) in [6, 6.07) is 12.4. The van der Waals surface area contributed by atoms with Crippen molar-refractivity contribution in [3.8, 4) is 17.2 Å². The zero-order valence-electron chi connectivity index (χ0n) is 19.8. The third-order valence-corrected chi connectivity index (χ3v) is 6.86. The molecule has 1 amide bonds. The lowest BCUT2D eigenvalue weighted by Gasteiger charge is -2.15. The predicted molar refractivity (Wildman–Crippen MR) is 133 cm³/mol. The molecule has 4 aromatic rings. The number of hydrogen-bond acceptors (Lipinski definition) is 5. The molecule has 2 aliphatic carbocycles. The van der Waals surface area contributed by atoms with E-state index in [1.807, 2.05) is 31.5 Å². The Bertz CT molecular complexity index is 1380. The van der Waals surface area contributed by atoms with Gasteiger partial charge in [-0.25, -0.2) is 14.6 Å². The number of carbonyl (C=O) groups is 1. The van der Waals surface area contributed by atoms with Crippen LogP contribution in [0.3, 0.4) is 0 Å². The maximum Gasteiger partial charge on any atom is 0.255 e. The van der Waals surface area contributed by atoms with Gasteiger partial charge in [0.05, 0.1) is 23.1 Å². The zero-order valence-corrected chi connectivity index (χ0v) is 19.8. The van der Waals surface area contributed by atoms with Crippen molar-refractivity contribution in [2.45, 2.75) is 57.4 Å². The van der Waals surface area contributed by atoms with Gasteiger partial charge in [-0.2, -0.15) is 5.10 Å². The Kier molecular flexibility index (Phi) is 5.60. The van der Waals surface area contributed by atoms with Gasteiger partial charge in [-0.3, -0.25) is 9.78 Å². The number of nitrogens with one attached hydrogen (secondary N) is 1. The molecule has 1 unspecified atom stereocenters. The number of amides is 1. The van der Waals surface area contributed by atoms with Crippen LogP contribution in [0.5, 0.6) is 0 Å². The van der Waals surface area contributed by atoms with Crippen molar-refractivity contribution in [1.82, 2.24) is 30.0 Å². The minimum absolute atomic E-state index is 0.0256. The van der Waals surface area contributed by atoms with Crippen molar-refractivity contribution in [3.63, 3.8) is 0 Å². The Labute approximate surface area is 204 Å². The molecule has 35 heavy (non-hydrogen) atoms. The van der Waals surface area contributed by atoms with Crippen LogP contribution in [0, 0.1) is 0 Å². The van der Waals surface area contributed by atoms with Crippen LogP contribution in [-0.4, -0.2) is 36.7 Å². The van der Waals surface area contributed by atoms with E-state index in [9.17, 15) is 4.79 Å². The van der Waals surface area contributed by atoms with Crippen molar-refractivity contribution in [3.05, 3.63) is 89.1 Å². The van der Waals surface area contributed by atoms with Gasteiger partial charge in [0.1, 0.15) is 0 Å². The molecule has 0 bridgehead atoms. The summed E-state index contributed by atoms with van der Waals surface area (Å²) in [6.45, 7) is 2.01. The standard InChI is InChI=1S/C28H28N6O/c1-18(14-19-6-5-13-29-15-19)32-27(35)24-17-31-34(26(24)21-11-12-21)28-30-16-22-9-4-8-20-7-2-3-10-23(20)25(22)33-28/h2-3,5-7,10,13,15-18,21H,4,8-9,11-12,14H2,1H3,(H,32,35). The first-order valence-electron chi connectivity index (χ1n) is 12.4. The van der Waals surface area contributed by atoms with Gasteiger partial charge >= 0.3 is 0 Å². The summed E-state index contributed by atoms with van der Waals surface area (Å²) in [5, 5.41) is 7.75. The molecule has 1 atom stereocenters. The fourth-order valence-corrected chi connectivity index (χ4v) is 5.02. The number of aryl methyl sites for hydroxylation is 2. The van der Waals surface area contributed by atoms with E-state index in [-0.39, 0.29) is 11.9 Å². The number of carbonyl (C=O) groups excluding carboxylic acids is 1. The quantitative estimate of drug-likeness (QED) is 0.456. The van der Waals surface area contributed by atoms with E-state index in [2.05, 4.69) is 44.6 Å². The third-order valence-electron chi connectivity index (χ3n) is 6.86. The molecule has 7 nitrogen and oxygen atoms in total. The van der Waals surface area contributed by atoms with Crippen molar-refractivity contribution in [2.24, 2.45) is 0 Å². The molecule has 7 heteroatoms. The van der Waals surface area contributed by atoms with Gasteiger partial charge in [0.15, 0.2) is 0 Å². The van der Waals surface area contributed by atoms with Gasteiger partial charge in [-0.05, 0) is 68.2 Å². The fraction of sp³-hybridized carbons (Fsp3) is 0.321. The largest absolute Gasteiger partial charge is 0.349 e. The van der Waals surface area contributed by atoms with E-state index in [0.29, 0.717) is 17.4 Å². The van der Waals surface area contributed by atoms with Crippen LogP contribution in [0.2, 0.25) is 0 Å². The number of benzene rings is 1. The average Bonchev–Trinajstić information content (AvgIpc) is 3.65. The van der Waals surface area contributed by atoms with Crippen molar-refractivity contribution in [2.75, 3.05) is 0 Å². The molecule has 0 radical (unpaired) electrons. The summed E-state index contributed by atoms with van der Waals surface area (Å²) in [5.74, 6) is 0.737. The molecule has 0 aliphatic heterocycles. The molecule has 0 saturated heterocycles. The highest BCUT2D eigenvalue weighted by atomic mass is 16.1. The number of rotatable bonds is 6. The van der Waals surface area contributed by atoms with Gasteiger partial charge in [-0.15, -0.1) is 0 Å². The summed E-state index contributed by atoms with van der Waals surface area (Å²) in [7, 11) is 0. The molecule has 1 N–H and O–H groups in total. The summed E-state index contributed by atoms with van der Waals surface area (Å²) in [6.07, 6.45) is 13.1. The Morgan fingerprint density at radius 1 is 1.09 bits per heavy atom. The molecule has 176 valence electrons. The molecule has 1 saturated carbocycles. The van der Waals surface area contributed by atoms with E-state index in [1.165, 1.54) is 16.7 Å². The van der Waals surface area contributed by atoms with Crippen LogP contribution in [0.4, 0.5) is 0 Å².